The van der Waals surface area contributed by atoms with Crippen LogP contribution in [0.15, 0.2) is 55.2 Å². The van der Waals surface area contributed by atoms with E-state index in [2.05, 4.69) is 32.0 Å². The van der Waals surface area contributed by atoms with E-state index in [1.807, 2.05) is 0 Å². The molecule has 0 bridgehead atoms. The van der Waals surface area contributed by atoms with Gasteiger partial charge in [-0.15, -0.1) is 0 Å². The Kier molecular flexibility index (Phi) is 7.80. The van der Waals surface area contributed by atoms with Crippen LogP contribution >= 0.6 is 0 Å². The third-order valence-electron chi connectivity index (χ3n) is 7.05. The molecule has 2 aromatic carbocycles. The minimum atomic E-state index is -2.84. The zero-order valence-electron chi connectivity index (χ0n) is 22.6. The number of pyridine rings is 1. The lowest BCUT2D eigenvalue weighted by Gasteiger charge is -2.26. The number of halogens is 4. The number of benzene rings is 2. The molecule has 0 radical (unpaired) electrons. The van der Waals surface area contributed by atoms with Crippen molar-refractivity contribution in [2.45, 2.75) is 38.7 Å². The number of aromatic nitrogens is 3. The van der Waals surface area contributed by atoms with E-state index in [9.17, 15) is 13.2 Å². The van der Waals surface area contributed by atoms with Crippen LogP contribution in [-0.2, 0) is 6.54 Å². The topological polar surface area (TPSA) is 60.1 Å². The van der Waals surface area contributed by atoms with Crippen molar-refractivity contribution in [3.8, 4) is 11.1 Å². The molecule has 10 heteroatoms. The van der Waals surface area contributed by atoms with Gasteiger partial charge in [0.25, 0.3) is 5.92 Å². The van der Waals surface area contributed by atoms with Crippen molar-refractivity contribution < 1.29 is 17.6 Å². The summed E-state index contributed by atoms with van der Waals surface area (Å²) in [4.78, 5) is 7.91. The SMILES string of the molecule is C=C(Nc1ccc(N(C)CC(C)(F)F)nc1)c1n[nH]c2ccc(-c3cc(CN4CCCCC4)cc(F)c3F)cc12. The molecular formula is C30H32F4N6. The third-order valence-corrected chi connectivity index (χ3v) is 7.05. The van der Waals surface area contributed by atoms with Gasteiger partial charge in [-0.25, -0.2) is 22.5 Å². The number of aromatic amines is 1. The number of rotatable bonds is 9. The van der Waals surface area contributed by atoms with Crippen LogP contribution in [0.1, 0.15) is 37.4 Å². The summed E-state index contributed by atoms with van der Waals surface area (Å²) in [5.74, 6) is -4.19. The molecule has 0 spiro atoms. The maximum atomic E-state index is 15.0. The smallest absolute Gasteiger partial charge is 0.262 e. The van der Waals surface area contributed by atoms with E-state index in [1.165, 1.54) is 23.6 Å². The van der Waals surface area contributed by atoms with Gasteiger partial charge in [-0.3, -0.25) is 10.00 Å². The summed E-state index contributed by atoms with van der Waals surface area (Å²) in [6, 6.07) is 11.6. The Balaban J connectivity index is 1.37. The van der Waals surface area contributed by atoms with Crippen molar-refractivity contribution in [1.29, 1.82) is 0 Å². The van der Waals surface area contributed by atoms with Crippen molar-refractivity contribution in [3.05, 3.63) is 78.1 Å². The standard InChI is InChI=1S/C30H32F4N6/c1-19(36-22-8-10-27(35-16-22)39(3)18-30(2,33)34)29-24-15-21(7-9-26(24)37-38-29)23-13-20(14-25(31)28(23)32)17-40-11-5-4-6-12-40/h7-10,13-16,36H,1,4-6,11-12,17-18H2,2-3H3,(H,37,38). The molecule has 1 fully saturated rings. The number of nitrogens with one attached hydrogen (secondary N) is 2. The van der Waals surface area contributed by atoms with E-state index in [1.54, 1.807) is 43.4 Å². The fourth-order valence-corrected chi connectivity index (χ4v) is 5.15. The van der Waals surface area contributed by atoms with E-state index in [-0.39, 0.29) is 5.56 Å². The lowest BCUT2D eigenvalue weighted by molar-refractivity contribution is 0.0309. The molecule has 5 rings (SSSR count). The summed E-state index contributed by atoms with van der Waals surface area (Å²) < 4.78 is 56.4. The van der Waals surface area contributed by atoms with Crippen molar-refractivity contribution in [2.75, 3.05) is 36.9 Å². The van der Waals surface area contributed by atoms with Crippen molar-refractivity contribution >= 4 is 28.1 Å². The van der Waals surface area contributed by atoms with Crippen LogP contribution in [0.25, 0.3) is 27.7 Å². The van der Waals surface area contributed by atoms with Crippen molar-refractivity contribution in [3.63, 3.8) is 0 Å². The Morgan fingerprint density at radius 1 is 1.10 bits per heavy atom. The predicted molar refractivity (Wildman–Crippen MR) is 151 cm³/mol. The number of hydrogen-bond acceptors (Lipinski definition) is 5. The van der Waals surface area contributed by atoms with E-state index >= 15 is 4.39 Å². The molecular weight excluding hydrogens is 520 g/mol. The zero-order chi connectivity index (χ0) is 28.4. The molecule has 1 aliphatic heterocycles. The van der Waals surface area contributed by atoms with E-state index in [0.717, 1.165) is 38.4 Å². The van der Waals surface area contributed by atoms with Crippen LogP contribution in [0.4, 0.5) is 29.1 Å². The van der Waals surface area contributed by atoms with Crippen LogP contribution in [0.2, 0.25) is 0 Å². The average Bonchev–Trinajstić information content (AvgIpc) is 3.34. The summed E-state index contributed by atoms with van der Waals surface area (Å²) in [6.07, 6.45) is 4.95. The van der Waals surface area contributed by atoms with Crippen LogP contribution < -0.4 is 10.2 Å². The molecule has 1 aliphatic rings. The number of likely N-dealkylation sites (tertiary alicyclic amines) is 1. The Hall–Kier alpha value is -3.92. The van der Waals surface area contributed by atoms with Gasteiger partial charge in [0.05, 0.1) is 29.6 Å². The first kappa shape index (κ1) is 27.6. The number of hydrogen-bond donors (Lipinski definition) is 2. The fourth-order valence-electron chi connectivity index (χ4n) is 5.15. The molecule has 6 nitrogen and oxygen atoms in total. The number of H-pyrrole nitrogens is 1. The highest BCUT2D eigenvalue weighted by Crippen LogP contribution is 2.32. The summed E-state index contributed by atoms with van der Waals surface area (Å²) >= 11 is 0. The maximum Gasteiger partial charge on any atom is 0.262 e. The fraction of sp³-hybridized carbons (Fsp3) is 0.333. The average molecular weight is 553 g/mol. The van der Waals surface area contributed by atoms with Crippen molar-refractivity contribution in [2.24, 2.45) is 0 Å². The highest BCUT2D eigenvalue weighted by Gasteiger charge is 2.24. The Labute approximate surface area is 230 Å². The summed E-state index contributed by atoms with van der Waals surface area (Å²) in [7, 11) is 1.55. The molecule has 4 aromatic rings. The van der Waals surface area contributed by atoms with E-state index in [4.69, 9.17) is 0 Å². The first-order valence-corrected chi connectivity index (χ1v) is 13.3. The number of piperidine rings is 1. The lowest BCUT2D eigenvalue weighted by Crippen LogP contribution is -2.32. The Morgan fingerprint density at radius 3 is 2.58 bits per heavy atom. The number of fused-ring (bicyclic) bond motifs is 1. The summed E-state index contributed by atoms with van der Waals surface area (Å²) in [5, 5.41) is 11.2. The second kappa shape index (κ2) is 11.3. The molecule has 0 aliphatic carbocycles. The Morgan fingerprint density at radius 2 is 1.88 bits per heavy atom. The molecule has 0 amide bonds. The van der Waals surface area contributed by atoms with Crippen LogP contribution in [-0.4, -0.2) is 52.7 Å². The summed E-state index contributed by atoms with van der Waals surface area (Å²) in [6.45, 7) is 6.99. The minimum absolute atomic E-state index is 0.196. The molecule has 2 N–H and O–H groups in total. The van der Waals surface area contributed by atoms with Crippen molar-refractivity contribution in [1.82, 2.24) is 20.1 Å². The number of anilines is 2. The predicted octanol–water partition coefficient (Wildman–Crippen LogP) is 7.06. The van der Waals surface area contributed by atoms with Gasteiger partial charge in [0, 0.05) is 31.5 Å². The molecule has 210 valence electrons. The molecule has 2 aromatic heterocycles. The molecule has 40 heavy (non-hydrogen) atoms. The van der Waals surface area contributed by atoms with Gasteiger partial charge in [0.2, 0.25) is 0 Å². The van der Waals surface area contributed by atoms with Gasteiger partial charge in [-0.2, -0.15) is 5.10 Å². The monoisotopic (exact) mass is 552 g/mol. The Bertz CT molecular complexity index is 1500. The maximum absolute atomic E-state index is 15.0. The minimum Gasteiger partial charge on any atom is -0.354 e. The highest BCUT2D eigenvalue weighted by atomic mass is 19.3. The lowest BCUT2D eigenvalue weighted by atomic mass is 9.99. The van der Waals surface area contributed by atoms with Gasteiger partial charge in [0.1, 0.15) is 11.5 Å². The molecule has 0 unspecified atom stereocenters. The second-order valence-electron chi connectivity index (χ2n) is 10.5. The first-order valence-electron chi connectivity index (χ1n) is 13.3. The van der Waals surface area contributed by atoms with Gasteiger partial charge < -0.3 is 10.2 Å². The van der Waals surface area contributed by atoms with Crippen LogP contribution in [0, 0.1) is 11.6 Å². The second-order valence-corrected chi connectivity index (χ2v) is 10.5. The van der Waals surface area contributed by atoms with Gasteiger partial charge in [-0.05, 0) is 73.5 Å². The quantitative estimate of drug-likeness (QED) is 0.218. The van der Waals surface area contributed by atoms with E-state index < -0.39 is 24.1 Å². The normalized spacial score (nSPS) is 14.4. The molecule has 1 saturated heterocycles. The number of alkyl halides is 2. The van der Waals surface area contributed by atoms with Gasteiger partial charge in [0.15, 0.2) is 11.6 Å². The number of nitrogens with zero attached hydrogens (tertiary/aromatic N) is 4. The molecule has 0 saturated carbocycles. The van der Waals surface area contributed by atoms with Gasteiger partial charge in [-0.1, -0.05) is 19.1 Å². The third kappa shape index (κ3) is 6.28. The van der Waals surface area contributed by atoms with Crippen LogP contribution in [0.5, 0.6) is 0 Å². The van der Waals surface area contributed by atoms with E-state index in [0.29, 0.717) is 45.9 Å². The molecule has 3 heterocycles. The largest absolute Gasteiger partial charge is 0.354 e. The summed E-state index contributed by atoms with van der Waals surface area (Å²) in [5.41, 5.74) is 3.73. The highest BCUT2D eigenvalue weighted by molar-refractivity contribution is 5.95. The van der Waals surface area contributed by atoms with Gasteiger partial charge >= 0.3 is 0 Å². The van der Waals surface area contributed by atoms with Crippen LogP contribution in [0.3, 0.4) is 0 Å². The first-order chi connectivity index (χ1) is 19.1. The zero-order valence-corrected chi connectivity index (χ0v) is 22.6. The molecule has 0 atom stereocenters.